The molecule has 0 aromatic heterocycles. The normalized spacial score (nSPS) is 20.6. The lowest BCUT2D eigenvalue weighted by Gasteiger charge is -2.23. The maximum atomic E-state index is 13.3. The molecule has 38 heavy (non-hydrogen) atoms. The van der Waals surface area contributed by atoms with Gasteiger partial charge in [-0.2, -0.15) is 4.90 Å². The fourth-order valence-corrected chi connectivity index (χ4v) is 4.95. The summed E-state index contributed by atoms with van der Waals surface area (Å²) in [7, 11) is 1.61. The van der Waals surface area contributed by atoms with Gasteiger partial charge in [0, 0.05) is 18.7 Å². The number of imide groups is 1. The summed E-state index contributed by atoms with van der Waals surface area (Å²) in [6.07, 6.45) is 7.72. The lowest BCUT2D eigenvalue weighted by Crippen LogP contribution is -2.45. The number of amides is 3. The molecule has 2 aromatic rings. The van der Waals surface area contributed by atoms with Gasteiger partial charge in [-0.25, -0.2) is 22.8 Å². The van der Waals surface area contributed by atoms with Crippen molar-refractivity contribution in [3.05, 3.63) is 70.7 Å². The summed E-state index contributed by atoms with van der Waals surface area (Å²) < 4.78 is 49.3. The van der Waals surface area contributed by atoms with Gasteiger partial charge in [0.25, 0.3) is 0 Å². The second kappa shape index (κ2) is 12.8. The van der Waals surface area contributed by atoms with Crippen molar-refractivity contribution >= 4 is 18.2 Å². The van der Waals surface area contributed by atoms with Crippen molar-refractivity contribution < 1.29 is 32.2 Å². The minimum absolute atomic E-state index is 0.0552. The number of nitrogens with zero attached hydrogens (tertiary/aromatic N) is 1. The largest absolute Gasteiger partial charge is 0.496 e. The van der Waals surface area contributed by atoms with E-state index >= 15 is 0 Å². The molecule has 3 amide bonds. The van der Waals surface area contributed by atoms with Gasteiger partial charge >= 0.3 is 12.1 Å². The Bertz CT molecular complexity index is 1180. The summed E-state index contributed by atoms with van der Waals surface area (Å²) >= 11 is 0. The fraction of sp³-hybridized carbons (Fsp3) is 0.429. The van der Waals surface area contributed by atoms with Crippen LogP contribution in [-0.2, 0) is 4.74 Å². The third-order valence-electron chi connectivity index (χ3n) is 6.92. The number of benzene rings is 2. The standard InChI is InChI=1S/C15H15F2N3O3.C13H17FO/c16-12-2-1-9(6-13(12)17)5-11-8-23-15(22)20(11)14(21)19-10-3-4-18-7-10;1-15-13-9-11(14)7-8-12(13)10-5-3-2-4-6-10/h1-2,5-6,10,18H,3-4,7-8H2,(H,19,21);7-10H,2-6H2,1H3/t10-;/m1./s1. The minimum atomic E-state index is -1.00. The molecule has 2 N–H and O–H groups in total. The van der Waals surface area contributed by atoms with Crippen molar-refractivity contribution in [3.8, 4) is 5.75 Å². The first-order chi connectivity index (χ1) is 18.4. The van der Waals surface area contributed by atoms with Crippen molar-refractivity contribution in [1.82, 2.24) is 15.5 Å². The SMILES string of the molecule is COc1cc(F)ccc1C1CCCCC1.O=C(N[C@@H]1CCNC1)N1C(=O)OCC1=Cc1ccc(F)c(F)c1. The number of rotatable bonds is 4. The molecule has 0 radical (unpaired) electrons. The number of carbonyl (C=O) groups excluding carboxylic acids is 2. The van der Waals surface area contributed by atoms with Crippen molar-refractivity contribution in [2.24, 2.45) is 0 Å². The molecule has 0 unspecified atom stereocenters. The Labute approximate surface area is 220 Å². The Morgan fingerprint density at radius 2 is 1.87 bits per heavy atom. The van der Waals surface area contributed by atoms with Gasteiger partial charge in [0.05, 0.1) is 12.8 Å². The zero-order chi connectivity index (χ0) is 27.1. The number of hydrogen-bond acceptors (Lipinski definition) is 5. The highest BCUT2D eigenvalue weighted by atomic mass is 19.2. The Morgan fingerprint density at radius 1 is 1.08 bits per heavy atom. The van der Waals surface area contributed by atoms with Crippen molar-refractivity contribution in [2.75, 3.05) is 26.8 Å². The highest BCUT2D eigenvalue weighted by Gasteiger charge is 2.35. The zero-order valence-corrected chi connectivity index (χ0v) is 21.3. The van der Waals surface area contributed by atoms with Gasteiger partial charge in [-0.1, -0.05) is 31.4 Å². The third kappa shape index (κ3) is 6.86. The highest BCUT2D eigenvalue weighted by molar-refractivity contribution is 5.96. The Morgan fingerprint density at radius 3 is 2.55 bits per heavy atom. The predicted molar refractivity (Wildman–Crippen MR) is 136 cm³/mol. The quantitative estimate of drug-likeness (QED) is 0.528. The minimum Gasteiger partial charge on any atom is -0.496 e. The van der Waals surface area contributed by atoms with E-state index in [-0.39, 0.29) is 24.2 Å². The number of ether oxygens (including phenoxy) is 2. The first-order valence-electron chi connectivity index (χ1n) is 12.8. The third-order valence-corrected chi connectivity index (χ3v) is 6.92. The maximum absolute atomic E-state index is 13.3. The molecule has 5 rings (SSSR count). The van der Waals surface area contributed by atoms with Crippen molar-refractivity contribution in [1.29, 1.82) is 0 Å². The first-order valence-corrected chi connectivity index (χ1v) is 12.8. The first kappa shape index (κ1) is 27.5. The number of carbonyl (C=O) groups is 2. The maximum Gasteiger partial charge on any atom is 0.422 e. The molecule has 1 saturated carbocycles. The van der Waals surface area contributed by atoms with Crippen molar-refractivity contribution in [3.63, 3.8) is 0 Å². The molecule has 10 heteroatoms. The number of methoxy groups -OCH3 is 1. The van der Waals surface area contributed by atoms with Crippen LogP contribution in [0.25, 0.3) is 6.08 Å². The topological polar surface area (TPSA) is 79.9 Å². The summed E-state index contributed by atoms with van der Waals surface area (Å²) in [5.41, 5.74) is 1.78. The summed E-state index contributed by atoms with van der Waals surface area (Å²) in [4.78, 5) is 24.9. The number of halogens is 3. The van der Waals surface area contributed by atoms with Gasteiger partial charge in [-0.3, -0.25) is 0 Å². The van der Waals surface area contributed by atoms with Crippen LogP contribution in [0.15, 0.2) is 42.1 Å². The molecule has 3 fully saturated rings. The van der Waals surface area contributed by atoms with E-state index in [1.807, 2.05) is 6.07 Å². The summed E-state index contributed by atoms with van der Waals surface area (Å²) in [6.45, 7) is 1.33. The average molecular weight is 532 g/mol. The highest BCUT2D eigenvalue weighted by Crippen LogP contribution is 2.37. The number of cyclic esters (lactones) is 1. The molecule has 7 nitrogen and oxygen atoms in total. The van der Waals surface area contributed by atoms with E-state index in [0.717, 1.165) is 30.0 Å². The molecule has 2 heterocycles. The summed E-state index contributed by atoms with van der Waals surface area (Å²) in [5, 5.41) is 5.84. The molecular formula is C28H32F3N3O4. The second-order valence-electron chi connectivity index (χ2n) is 9.56. The van der Waals surface area contributed by atoms with E-state index in [4.69, 9.17) is 9.47 Å². The van der Waals surface area contributed by atoms with Crippen LogP contribution in [-0.4, -0.2) is 49.9 Å². The molecule has 3 aliphatic rings. The van der Waals surface area contributed by atoms with E-state index < -0.39 is 23.8 Å². The smallest absolute Gasteiger partial charge is 0.422 e. The average Bonchev–Trinajstić information content (AvgIpc) is 3.56. The van der Waals surface area contributed by atoms with Crippen LogP contribution < -0.4 is 15.4 Å². The Hall–Kier alpha value is -3.53. The van der Waals surface area contributed by atoms with Crippen molar-refractivity contribution in [2.45, 2.75) is 50.5 Å². The monoisotopic (exact) mass is 531 g/mol. The molecule has 2 aliphatic heterocycles. The van der Waals surface area contributed by atoms with Crippen LogP contribution in [0, 0.1) is 17.5 Å². The van der Waals surface area contributed by atoms with E-state index in [1.54, 1.807) is 7.11 Å². The van der Waals surface area contributed by atoms with E-state index in [1.165, 1.54) is 61.9 Å². The molecular weight excluding hydrogens is 499 g/mol. The molecule has 0 bridgehead atoms. The van der Waals surface area contributed by atoms with E-state index in [2.05, 4.69) is 10.6 Å². The summed E-state index contributed by atoms with van der Waals surface area (Å²) in [5.74, 6) is -0.908. The molecule has 1 aliphatic carbocycles. The molecule has 0 spiro atoms. The van der Waals surface area contributed by atoms with Crippen LogP contribution in [0.1, 0.15) is 55.6 Å². The second-order valence-corrected chi connectivity index (χ2v) is 9.56. The number of nitrogens with one attached hydrogen (secondary N) is 2. The molecule has 204 valence electrons. The Kier molecular flexibility index (Phi) is 9.28. The van der Waals surface area contributed by atoms with Crippen LogP contribution in [0.4, 0.5) is 22.8 Å². The molecule has 2 saturated heterocycles. The zero-order valence-electron chi connectivity index (χ0n) is 21.3. The number of hydrogen-bond donors (Lipinski definition) is 2. The fourth-order valence-electron chi connectivity index (χ4n) is 4.95. The van der Waals surface area contributed by atoms with E-state index in [9.17, 15) is 22.8 Å². The molecule has 1 atom stereocenters. The molecule has 2 aromatic carbocycles. The summed E-state index contributed by atoms with van der Waals surface area (Å²) in [6, 6.07) is 7.58. The van der Waals surface area contributed by atoms with Gasteiger partial charge in [-0.15, -0.1) is 0 Å². The van der Waals surface area contributed by atoms with Gasteiger partial charge in [-0.05, 0) is 67.1 Å². The lowest BCUT2D eigenvalue weighted by atomic mass is 9.84. The van der Waals surface area contributed by atoms with Gasteiger partial charge in [0.15, 0.2) is 11.6 Å². The van der Waals surface area contributed by atoms with Crippen LogP contribution >= 0.6 is 0 Å². The van der Waals surface area contributed by atoms with Crippen LogP contribution in [0.5, 0.6) is 5.75 Å². The van der Waals surface area contributed by atoms with Gasteiger partial charge in [0.1, 0.15) is 18.2 Å². The number of urea groups is 1. The van der Waals surface area contributed by atoms with Crippen LogP contribution in [0.2, 0.25) is 0 Å². The van der Waals surface area contributed by atoms with Gasteiger partial charge < -0.3 is 20.1 Å². The lowest BCUT2D eigenvalue weighted by molar-refractivity contribution is 0.158. The van der Waals surface area contributed by atoms with Gasteiger partial charge in [0.2, 0.25) is 0 Å². The van der Waals surface area contributed by atoms with E-state index in [0.29, 0.717) is 23.8 Å². The van der Waals surface area contributed by atoms with Crippen LogP contribution in [0.3, 0.4) is 0 Å². The Balaban J connectivity index is 0.000000194. The predicted octanol–water partition coefficient (Wildman–Crippen LogP) is 5.71.